The van der Waals surface area contributed by atoms with Gasteiger partial charge in [-0.2, -0.15) is 5.26 Å². The lowest BCUT2D eigenvalue weighted by atomic mass is 9.82. The number of ether oxygens (including phenoxy) is 1. The van der Waals surface area contributed by atoms with Crippen LogP contribution in [0.25, 0.3) is 0 Å². The Bertz CT molecular complexity index is 1330. The van der Waals surface area contributed by atoms with E-state index in [2.05, 4.69) is 10.1 Å². The Morgan fingerprint density at radius 3 is 2.54 bits per heavy atom. The van der Waals surface area contributed by atoms with Gasteiger partial charge in [0.15, 0.2) is 0 Å². The van der Waals surface area contributed by atoms with E-state index in [9.17, 15) is 24.0 Å². The molecule has 2 aromatic rings. The average molecular weight is 493 g/mol. The van der Waals surface area contributed by atoms with Crippen molar-refractivity contribution in [1.82, 2.24) is 4.90 Å². The zero-order chi connectivity index (χ0) is 25.3. The number of hydrogen-bond donors (Lipinski definition) is 2. The molecule has 2 aliphatic rings. The Balaban J connectivity index is 1.89. The number of halogens is 1. The van der Waals surface area contributed by atoms with E-state index in [1.807, 2.05) is 25.1 Å². The van der Waals surface area contributed by atoms with Crippen LogP contribution in [-0.4, -0.2) is 35.0 Å². The smallest absolute Gasteiger partial charge is 0.307 e. The highest BCUT2D eigenvalue weighted by molar-refractivity contribution is 8.04. The zero-order valence-electron chi connectivity index (χ0n) is 18.9. The number of aryl methyl sites for hydroxylation is 1. The number of hydrogen-bond acceptors (Lipinski definition) is 7. The summed E-state index contributed by atoms with van der Waals surface area (Å²) in [5.74, 6) is -3.79. The van der Waals surface area contributed by atoms with E-state index in [-0.39, 0.29) is 34.0 Å². The summed E-state index contributed by atoms with van der Waals surface area (Å²) in [5.41, 5.74) is 7.64. The number of nitrogens with one attached hydrogen (secondary N) is 1. The lowest BCUT2D eigenvalue weighted by molar-refractivity contribution is -0.142. The third kappa shape index (κ3) is 4.38. The van der Waals surface area contributed by atoms with Crippen LogP contribution in [0.1, 0.15) is 23.5 Å². The molecular weight excluding hydrogens is 471 g/mol. The number of allylic oxidation sites excluding steroid dienone is 1. The maximum Gasteiger partial charge on any atom is 0.307 e. The molecule has 1 fully saturated rings. The van der Waals surface area contributed by atoms with Gasteiger partial charge in [0.2, 0.25) is 5.91 Å². The van der Waals surface area contributed by atoms with Gasteiger partial charge in [0.25, 0.3) is 5.91 Å². The Morgan fingerprint density at radius 1 is 1.23 bits per heavy atom. The summed E-state index contributed by atoms with van der Waals surface area (Å²) in [6.07, 6.45) is -0.258. The average Bonchev–Trinajstić information content (AvgIpc) is 3.16. The minimum Gasteiger partial charge on any atom is -0.469 e. The second-order valence-electron chi connectivity index (χ2n) is 7.96. The molecule has 2 aliphatic heterocycles. The molecule has 0 unspecified atom stereocenters. The number of carbonyl (C=O) groups excluding carboxylic acids is 3. The molecule has 4 rings (SSSR count). The fourth-order valence-electron chi connectivity index (χ4n) is 4.00. The van der Waals surface area contributed by atoms with Crippen molar-refractivity contribution in [1.29, 1.82) is 5.26 Å². The zero-order valence-corrected chi connectivity index (χ0v) is 19.7. The number of nitrogens with zero attached hydrogens (tertiary/aromatic N) is 2. The lowest BCUT2D eigenvalue weighted by Crippen LogP contribution is -2.39. The van der Waals surface area contributed by atoms with Gasteiger partial charge in [-0.3, -0.25) is 19.3 Å². The number of carbonyl (C=O) groups is 3. The summed E-state index contributed by atoms with van der Waals surface area (Å²) in [6, 6.07) is 14.8. The second-order valence-corrected chi connectivity index (χ2v) is 9.16. The highest BCUT2D eigenvalue weighted by atomic mass is 32.2. The molecule has 2 amide bonds. The van der Waals surface area contributed by atoms with Crippen LogP contribution in [0.3, 0.4) is 0 Å². The molecule has 178 valence electrons. The van der Waals surface area contributed by atoms with E-state index < -0.39 is 34.8 Å². The summed E-state index contributed by atoms with van der Waals surface area (Å²) >= 11 is 0.965. The van der Waals surface area contributed by atoms with Gasteiger partial charge < -0.3 is 15.8 Å². The van der Waals surface area contributed by atoms with Crippen molar-refractivity contribution in [3.05, 3.63) is 87.5 Å². The van der Waals surface area contributed by atoms with Gasteiger partial charge in [-0.1, -0.05) is 47.7 Å². The lowest BCUT2D eigenvalue weighted by Gasteiger charge is -2.32. The minimum atomic E-state index is -1.16. The highest BCUT2D eigenvalue weighted by Crippen LogP contribution is 2.50. The third-order valence-corrected chi connectivity index (χ3v) is 7.03. The number of benzene rings is 2. The van der Waals surface area contributed by atoms with E-state index >= 15 is 0 Å². The van der Waals surface area contributed by atoms with Gasteiger partial charge >= 0.3 is 5.97 Å². The Labute approximate surface area is 205 Å². The fraction of sp³-hybridized carbons (Fsp3) is 0.200. The molecule has 3 N–H and O–H groups in total. The minimum absolute atomic E-state index is 0.00728. The summed E-state index contributed by atoms with van der Waals surface area (Å²) < 4.78 is 19.6. The largest absolute Gasteiger partial charge is 0.469 e. The van der Waals surface area contributed by atoms with E-state index in [1.54, 1.807) is 18.2 Å². The maximum atomic E-state index is 15.0. The van der Waals surface area contributed by atoms with Gasteiger partial charge in [-0.15, -0.1) is 0 Å². The number of fused-ring (bicyclic) bond motifs is 1. The van der Waals surface area contributed by atoms with Gasteiger partial charge in [0.05, 0.1) is 41.7 Å². The Hall–Kier alpha value is -4.10. The van der Waals surface area contributed by atoms with Crippen LogP contribution in [0.5, 0.6) is 0 Å². The topological polar surface area (TPSA) is 126 Å². The van der Waals surface area contributed by atoms with Crippen molar-refractivity contribution < 1.29 is 23.5 Å². The summed E-state index contributed by atoms with van der Waals surface area (Å²) in [6.45, 7) is 1.90. The van der Waals surface area contributed by atoms with E-state index in [0.29, 0.717) is 5.69 Å². The van der Waals surface area contributed by atoms with Crippen LogP contribution < -0.4 is 11.1 Å². The molecule has 0 radical (unpaired) electrons. The van der Waals surface area contributed by atoms with Gasteiger partial charge in [0, 0.05) is 11.3 Å². The number of amides is 2. The molecule has 8 nitrogen and oxygen atoms in total. The van der Waals surface area contributed by atoms with Gasteiger partial charge in [-0.25, -0.2) is 4.39 Å². The molecule has 0 aliphatic carbocycles. The SMILES string of the molecule is COC(=O)C[C@H]1SC2=C(C(=O)Nc3ccc(C)cc3)[C@H](c3ccccc3F)C(C#N)=C(N)N2C1=O. The van der Waals surface area contributed by atoms with E-state index in [0.717, 1.165) is 22.2 Å². The monoisotopic (exact) mass is 492 g/mol. The molecular formula is C25H21FN4O4S. The summed E-state index contributed by atoms with van der Waals surface area (Å²) in [5, 5.41) is 12.0. The number of thioether (sulfide) groups is 1. The van der Waals surface area contributed by atoms with E-state index in [1.165, 1.54) is 25.3 Å². The fourth-order valence-corrected chi connectivity index (χ4v) is 5.33. The molecule has 0 bridgehead atoms. The normalized spacial score (nSPS) is 19.4. The molecule has 0 aromatic heterocycles. The van der Waals surface area contributed by atoms with Crippen molar-refractivity contribution in [2.24, 2.45) is 5.73 Å². The van der Waals surface area contributed by atoms with Crippen LogP contribution in [0.15, 0.2) is 70.5 Å². The van der Waals surface area contributed by atoms with Gasteiger partial charge in [-0.05, 0) is 25.1 Å². The van der Waals surface area contributed by atoms with Crippen molar-refractivity contribution in [2.75, 3.05) is 12.4 Å². The van der Waals surface area contributed by atoms with Crippen LogP contribution in [0, 0.1) is 24.1 Å². The first-order valence-corrected chi connectivity index (χ1v) is 11.5. The van der Waals surface area contributed by atoms with Crippen molar-refractivity contribution in [3.8, 4) is 6.07 Å². The number of methoxy groups -OCH3 is 1. The van der Waals surface area contributed by atoms with E-state index in [4.69, 9.17) is 5.73 Å². The number of esters is 1. The number of rotatable bonds is 5. The number of anilines is 1. The standard InChI is InChI=1S/C25H21FN4O4S/c1-13-7-9-14(10-8-13)29-23(32)21-20(15-5-3-4-6-17(15)26)16(12-27)22(28)30-24(33)18(35-25(21)30)11-19(31)34-2/h3-10,18,20H,11,28H2,1-2H3,(H,29,32)/t18-,20-/m1/s1. The first-order valence-electron chi connectivity index (χ1n) is 10.6. The van der Waals surface area contributed by atoms with Crippen LogP contribution in [0.4, 0.5) is 10.1 Å². The molecule has 2 aromatic carbocycles. The van der Waals surface area contributed by atoms with Crippen LogP contribution in [0.2, 0.25) is 0 Å². The molecule has 35 heavy (non-hydrogen) atoms. The second kappa shape index (κ2) is 9.64. The third-order valence-electron chi connectivity index (χ3n) is 5.75. The molecule has 1 saturated heterocycles. The molecule has 10 heteroatoms. The number of nitrogens with two attached hydrogens (primary N) is 1. The number of nitriles is 1. The first kappa shape index (κ1) is 24.0. The molecule has 2 atom stereocenters. The van der Waals surface area contributed by atoms with Crippen molar-refractivity contribution in [3.63, 3.8) is 0 Å². The van der Waals surface area contributed by atoms with Crippen molar-refractivity contribution in [2.45, 2.75) is 24.5 Å². The first-order chi connectivity index (χ1) is 16.8. The maximum absolute atomic E-state index is 15.0. The summed E-state index contributed by atoms with van der Waals surface area (Å²) in [7, 11) is 1.20. The highest BCUT2D eigenvalue weighted by Gasteiger charge is 2.49. The van der Waals surface area contributed by atoms with Gasteiger partial charge in [0.1, 0.15) is 16.9 Å². The molecule has 0 saturated carbocycles. The quantitative estimate of drug-likeness (QED) is 0.614. The summed E-state index contributed by atoms with van der Waals surface area (Å²) in [4.78, 5) is 39.8. The Morgan fingerprint density at radius 2 is 1.91 bits per heavy atom. The predicted octanol–water partition coefficient (Wildman–Crippen LogP) is 3.28. The molecule has 2 heterocycles. The van der Waals surface area contributed by atoms with Crippen molar-refractivity contribution >= 4 is 35.2 Å². The predicted molar refractivity (Wildman–Crippen MR) is 128 cm³/mol. The molecule has 0 spiro atoms. The Kier molecular flexibility index (Phi) is 6.62. The van der Waals surface area contributed by atoms with Crippen LogP contribution >= 0.6 is 11.8 Å². The van der Waals surface area contributed by atoms with Crippen LogP contribution in [-0.2, 0) is 19.1 Å².